The summed E-state index contributed by atoms with van der Waals surface area (Å²) in [7, 11) is 3.16. The fraction of sp³-hybridized carbons (Fsp3) is 0.321. The minimum Gasteiger partial charge on any atom is -0.493 e. The van der Waals surface area contributed by atoms with Crippen molar-refractivity contribution in [3.05, 3.63) is 64.3 Å². The van der Waals surface area contributed by atoms with Crippen LogP contribution in [0.25, 0.3) is 22.4 Å². The Morgan fingerprint density at radius 3 is 2.41 bits per heavy atom. The number of methoxy groups -OCH3 is 2. The van der Waals surface area contributed by atoms with E-state index in [4.69, 9.17) is 19.2 Å². The maximum atomic E-state index is 13.7. The number of anilines is 2. The highest BCUT2D eigenvalue weighted by molar-refractivity contribution is 6.02. The summed E-state index contributed by atoms with van der Waals surface area (Å²) in [6, 6.07) is 14.8. The third-order valence-corrected chi connectivity index (χ3v) is 6.66. The van der Waals surface area contributed by atoms with Crippen LogP contribution in [0, 0.1) is 0 Å². The zero-order valence-corrected chi connectivity index (χ0v) is 21.2. The largest absolute Gasteiger partial charge is 0.493 e. The zero-order chi connectivity index (χ0) is 25.9. The van der Waals surface area contributed by atoms with E-state index in [1.807, 2.05) is 47.0 Å². The van der Waals surface area contributed by atoms with Gasteiger partial charge in [-0.25, -0.2) is 4.98 Å². The van der Waals surface area contributed by atoms with Gasteiger partial charge in [0.05, 0.1) is 61.1 Å². The first-order chi connectivity index (χ1) is 18.0. The van der Waals surface area contributed by atoms with Crippen LogP contribution in [-0.2, 0) is 11.3 Å². The summed E-state index contributed by atoms with van der Waals surface area (Å²) in [5, 5.41) is 3.17. The van der Waals surface area contributed by atoms with Gasteiger partial charge in [0.25, 0.3) is 0 Å². The van der Waals surface area contributed by atoms with Gasteiger partial charge in [0.2, 0.25) is 5.43 Å². The molecular weight excluding hydrogens is 472 g/mol. The molecule has 5 rings (SSSR count). The molecule has 1 aliphatic carbocycles. The molecule has 2 aromatic rings. The molecule has 0 amide bonds. The van der Waals surface area contributed by atoms with Crippen molar-refractivity contribution in [3.8, 4) is 22.9 Å². The maximum Gasteiger partial charge on any atom is 0.215 e. The second-order valence-corrected chi connectivity index (χ2v) is 8.96. The Labute approximate surface area is 214 Å². The first-order valence-corrected chi connectivity index (χ1v) is 12.3. The summed E-state index contributed by atoms with van der Waals surface area (Å²) in [6.07, 6.45) is 0. The van der Waals surface area contributed by atoms with Crippen molar-refractivity contribution in [2.24, 2.45) is 0 Å². The van der Waals surface area contributed by atoms with Gasteiger partial charge in [0.1, 0.15) is 0 Å². The van der Waals surface area contributed by atoms with E-state index < -0.39 is 0 Å². The van der Waals surface area contributed by atoms with Gasteiger partial charge in [-0.05, 0) is 25.1 Å². The van der Waals surface area contributed by atoms with Crippen LogP contribution in [0.3, 0.4) is 0 Å². The highest BCUT2D eigenvalue weighted by atomic mass is 16.5. The number of ketones is 1. The van der Waals surface area contributed by atoms with E-state index in [1.165, 1.54) is 6.92 Å². The van der Waals surface area contributed by atoms with Crippen molar-refractivity contribution in [2.75, 3.05) is 52.4 Å². The number of ether oxygens (including phenoxy) is 3. The number of para-hydroxylation sites is 1. The third kappa shape index (κ3) is 4.87. The lowest BCUT2D eigenvalue weighted by molar-refractivity contribution is 0.0365. The number of benzene rings is 3. The van der Waals surface area contributed by atoms with Gasteiger partial charge in [-0.3, -0.25) is 14.5 Å². The van der Waals surface area contributed by atoms with Gasteiger partial charge < -0.3 is 24.1 Å². The summed E-state index contributed by atoms with van der Waals surface area (Å²) < 4.78 is 18.6. The number of fused-ring (bicyclic) bond motifs is 2. The lowest BCUT2D eigenvalue weighted by Crippen LogP contribution is -2.38. The summed E-state index contributed by atoms with van der Waals surface area (Å²) >= 11 is 0. The normalized spacial score (nSPS) is 14.1. The highest BCUT2D eigenvalue weighted by Gasteiger charge is 2.26. The van der Waals surface area contributed by atoms with E-state index in [0.717, 1.165) is 30.8 Å². The van der Waals surface area contributed by atoms with Crippen LogP contribution in [0.2, 0.25) is 0 Å². The topological polar surface area (TPSA) is 94.9 Å². The maximum absolute atomic E-state index is 13.7. The van der Waals surface area contributed by atoms with E-state index in [-0.39, 0.29) is 16.8 Å². The second-order valence-electron chi connectivity index (χ2n) is 8.96. The van der Waals surface area contributed by atoms with Crippen molar-refractivity contribution in [1.29, 1.82) is 0 Å². The summed E-state index contributed by atoms with van der Waals surface area (Å²) in [5.41, 5.74) is 3.30. The van der Waals surface area contributed by atoms with Crippen LogP contribution >= 0.6 is 0 Å². The van der Waals surface area contributed by atoms with E-state index in [9.17, 15) is 9.59 Å². The number of aromatic nitrogens is 2. The third-order valence-electron chi connectivity index (χ3n) is 6.66. The number of morpholine rings is 1. The smallest absolute Gasteiger partial charge is 0.215 e. The Bertz CT molecular complexity index is 1460. The fourth-order valence-electron chi connectivity index (χ4n) is 4.81. The molecule has 2 aromatic carbocycles. The molecule has 0 atom stereocenters. The van der Waals surface area contributed by atoms with Crippen molar-refractivity contribution >= 4 is 28.2 Å². The van der Waals surface area contributed by atoms with Crippen LogP contribution in [-0.4, -0.2) is 67.3 Å². The summed E-state index contributed by atoms with van der Waals surface area (Å²) in [6.45, 7) is 5.74. The van der Waals surface area contributed by atoms with Gasteiger partial charge >= 0.3 is 0 Å². The fourth-order valence-corrected chi connectivity index (χ4v) is 4.81. The second kappa shape index (κ2) is 10.6. The number of hydrogen-bond acceptors (Lipinski definition) is 8. The Morgan fingerprint density at radius 2 is 1.73 bits per heavy atom. The average Bonchev–Trinajstić information content (AvgIpc) is 2.92. The van der Waals surface area contributed by atoms with Crippen LogP contribution in [0.4, 0.5) is 11.4 Å². The standard InChI is InChI=1S/C28H30N4O5/c1-18(33)26-27-21(15-22(28(26)34)29-19-7-5-4-6-8-19)30-20-16-24(35-2)25(36-3)17-23(20)32(27)10-9-31-11-13-37-14-12-31/h4-8,15-17,29H,9-14H2,1-3H3. The highest BCUT2D eigenvalue weighted by Crippen LogP contribution is 2.36. The molecule has 0 aromatic heterocycles. The number of nitrogens with zero attached hydrogens (tertiary/aromatic N) is 3. The van der Waals surface area contributed by atoms with Gasteiger partial charge in [0.15, 0.2) is 17.3 Å². The number of Topliss-reactive ketones (excluding diaryl/α,β-unsaturated/α-hetero) is 1. The minimum absolute atomic E-state index is 0.113. The Hall–Kier alpha value is -3.95. The van der Waals surface area contributed by atoms with Crippen LogP contribution < -0.4 is 20.2 Å². The lowest BCUT2D eigenvalue weighted by Gasteiger charge is -2.28. The van der Waals surface area contributed by atoms with Gasteiger partial charge in [-0.2, -0.15) is 0 Å². The number of hydrogen-bond donors (Lipinski definition) is 1. The Morgan fingerprint density at radius 1 is 1.03 bits per heavy atom. The number of carbonyl (C=O) groups is 1. The molecule has 2 heterocycles. The predicted octanol–water partition coefficient (Wildman–Crippen LogP) is 3.80. The van der Waals surface area contributed by atoms with Gasteiger partial charge in [-0.1, -0.05) is 18.2 Å². The van der Waals surface area contributed by atoms with Crippen LogP contribution in [0.1, 0.15) is 17.3 Å². The van der Waals surface area contributed by atoms with Crippen LogP contribution in [0.15, 0.2) is 53.3 Å². The molecule has 9 heteroatoms. The van der Waals surface area contributed by atoms with Crippen molar-refractivity contribution in [1.82, 2.24) is 14.5 Å². The molecule has 9 nitrogen and oxygen atoms in total. The van der Waals surface area contributed by atoms with Crippen molar-refractivity contribution in [2.45, 2.75) is 13.5 Å². The first kappa shape index (κ1) is 24.7. The molecular formula is C28H30N4O5. The molecule has 1 N–H and O–H groups in total. The molecule has 0 radical (unpaired) electrons. The molecule has 0 unspecified atom stereocenters. The monoisotopic (exact) mass is 502 g/mol. The molecule has 3 aliphatic rings. The number of carbonyl (C=O) groups excluding carboxylic acids is 1. The number of rotatable bonds is 8. The van der Waals surface area contributed by atoms with Crippen molar-refractivity contribution < 1.29 is 19.0 Å². The molecule has 1 fully saturated rings. The van der Waals surface area contributed by atoms with E-state index in [1.54, 1.807) is 20.3 Å². The molecule has 0 saturated carbocycles. The SMILES string of the molecule is COc1cc2nc3cc(Nc4ccccc4)c(=O)c(C(C)=O)c-3n(CCN3CCOCC3)c2cc1OC. The molecule has 1 saturated heterocycles. The molecule has 0 spiro atoms. The Balaban J connectivity index is 1.75. The summed E-state index contributed by atoms with van der Waals surface area (Å²) in [4.78, 5) is 33.8. The van der Waals surface area contributed by atoms with Gasteiger partial charge in [-0.15, -0.1) is 0 Å². The Kier molecular flexibility index (Phi) is 7.07. The molecule has 192 valence electrons. The summed E-state index contributed by atoms with van der Waals surface area (Å²) in [5.74, 6) is 0.787. The van der Waals surface area contributed by atoms with Gasteiger partial charge in [0, 0.05) is 44.0 Å². The van der Waals surface area contributed by atoms with E-state index in [0.29, 0.717) is 53.8 Å². The van der Waals surface area contributed by atoms with Crippen LogP contribution in [0.5, 0.6) is 11.5 Å². The average molecular weight is 503 g/mol. The number of nitrogens with one attached hydrogen (secondary N) is 1. The predicted molar refractivity (Wildman–Crippen MR) is 143 cm³/mol. The van der Waals surface area contributed by atoms with E-state index in [2.05, 4.69) is 10.2 Å². The zero-order valence-electron chi connectivity index (χ0n) is 21.2. The minimum atomic E-state index is -0.356. The van der Waals surface area contributed by atoms with Crippen molar-refractivity contribution in [3.63, 3.8) is 0 Å². The molecule has 37 heavy (non-hydrogen) atoms. The first-order valence-electron chi connectivity index (χ1n) is 12.3. The molecule has 0 bridgehead atoms. The quantitative estimate of drug-likeness (QED) is 0.287. The van der Waals surface area contributed by atoms with E-state index >= 15 is 0 Å². The molecule has 2 aliphatic heterocycles. The lowest BCUT2D eigenvalue weighted by atomic mass is 10.0.